The van der Waals surface area contributed by atoms with Crippen LogP contribution in [0.5, 0.6) is 0 Å². The van der Waals surface area contributed by atoms with E-state index in [1.54, 1.807) is 11.8 Å². The molecule has 13 heavy (non-hydrogen) atoms. The standard InChI is InChI=1S/C10H14N2S/c1-12(2)10(11)13-8-9-6-4-3-5-7-9/h3-7,11H,8H2,1-2H3. The summed E-state index contributed by atoms with van der Waals surface area (Å²) in [6.07, 6.45) is 0. The SMILES string of the molecule is CN(C)C(=N)SCc1ccccc1. The fourth-order valence-electron chi connectivity index (χ4n) is 0.855. The molecule has 1 aromatic rings. The van der Waals surface area contributed by atoms with Crippen molar-refractivity contribution in [3.05, 3.63) is 35.9 Å². The topological polar surface area (TPSA) is 27.1 Å². The van der Waals surface area contributed by atoms with Crippen molar-refractivity contribution in [2.24, 2.45) is 0 Å². The number of hydrogen-bond donors (Lipinski definition) is 1. The molecule has 0 fully saturated rings. The molecule has 0 atom stereocenters. The summed E-state index contributed by atoms with van der Waals surface area (Å²) in [5.41, 5.74) is 1.26. The van der Waals surface area contributed by atoms with Gasteiger partial charge in [-0.1, -0.05) is 42.1 Å². The summed E-state index contributed by atoms with van der Waals surface area (Å²) in [6.45, 7) is 0. The van der Waals surface area contributed by atoms with E-state index in [1.165, 1.54) is 5.56 Å². The Bertz CT molecular complexity index is 270. The van der Waals surface area contributed by atoms with E-state index in [4.69, 9.17) is 5.41 Å². The van der Waals surface area contributed by atoms with Crippen LogP contribution in [-0.4, -0.2) is 24.2 Å². The normalized spacial score (nSPS) is 9.69. The number of rotatable bonds is 2. The molecular formula is C10H14N2S. The van der Waals surface area contributed by atoms with Crippen molar-refractivity contribution >= 4 is 16.9 Å². The first-order valence-electron chi connectivity index (χ1n) is 4.13. The maximum absolute atomic E-state index is 7.58. The van der Waals surface area contributed by atoms with Crippen LogP contribution in [0, 0.1) is 5.41 Å². The molecule has 1 rings (SSSR count). The zero-order chi connectivity index (χ0) is 9.68. The number of thioether (sulfide) groups is 1. The summed E-state index contributed by atoms with van der Waals surface area (Å²) in [4.78, 5) is 1.81. The van der Waals surface area contributed by atoms with Crippen LogP contribution in [0.3, 0.4) is 0 Å². The smallest absolute Gasteiger partial charge is 0.156 e. The lowest BCUT2D eigenvalue weighted by Gasteiger charge is -2.12. The van der Waals surface area contributed by atoms with Crippen LogP contribution < -0.4 is 0 Å². The second kappa shape index (κ2) is 4.92. The molecule has 0 aliphatic carbocycles. The molecule has 0 radical (unpaired) electrons. The summed E-state index contributed by atoms with van der Waals surface area (Å²) in [6, 6.07) is 10.2. The predicted molar refractivity (Wildman–Crippen MR) is 59.2 cm³/mol. The number of amidine groups is 1. The molecule has 1 aromatic carbocycles. The minimum Gasteiger partial charge on any atom is -0.358 e. The van der Waals surface area contributed by atoms with Crippen molar-refractivity contribution < 1.29 is 0 Å². The van der Waals surface area contributed by atoms with Crippen molar-refractivity contribution in [2.75, 3.05) is 14.1 Å². The second-order valence-corrected chi connectivity index (χ2v) is 3.94. The van der Waals surface area contributed by atoms with Gasteiger partial charge >= 0.3 is 0 Å². The van der Waals surface area contributed by atoms with Gasteiger partial charge in [-0.25, -0.2) is 0 Å². The summed E-state index contributed by atoms with van der Waals surface area (Å²) in [5.74, 6) is 0.873. The Hall–Kier alpha value is -0.960. The quantitative estimate of drug-likeness (QED) is 0.578. The van der Waals surface area contributed by atoms with E-state index in [0.717, 1.165) is 5.75 Å². The van der Waals surface area contributed by atoms with E-state index < -0.39 is 0 Å². The average Bonchev–Trinajstić information content (AvgIpc) is 2.15. The van der Waals surface area contributed by atoms with Crippen LogP contribution in [0.2, 0.25) is 0 Å². The lowest BCUT2D eigenvalue weighted by Crippen LogP contribution is -2.17. The summed E-state index contributed by atoms with van der Waals surface area (Å²) in [7, 11) is 3.78. The van der Waals surface area contributed by atoms with E-state index in [0.29, 0.717) is 5.17 Å². The monoisotopic (exact) mass is 194 g/mol. The Morgan fingerprint density at radius 3 is 2.46 bits per heavy atom. The first kappa shape index (κ1) is 10.1. The Morgan fingerprint density at radius 1 is 1.31 bits per heavy atom. The molecule has 0 aliphatic heterocycles. The van der Waals surface area contributed by atoms with Crippen LogP contribution in [0.4, 0.5) is 0 Å². The van der Waals surface area contributed by atoms with Gasteiger partial charge in [-0.3, -0.25) is 5.41 Å². The molecule has 0 aromatic heterocycles. The highest BCUT2D eigenvalue weighted by atomic mass is 32.2. The number of hydrogen-bond acceptors (Lipinski definition) is 2. The molecule has 2 nitrogen and oxygen atoms in total. The summed E-state index contributed by atoms with van der Waals surface area (Å²) >= 11 is 1.55. The van der Waals surface area contributed by atoms with E-state index in [2.05, 4.69) is 12.1 Å². The zero-order valence-corrected chi connectivity index (χ0v) is 8.77. The van der Waals surface area contributed by atoms with Crippen molar-refractivity contribution in [1.29, 1.82) is 5.41 Å². The number of nitrogens with zero attached hydrogens (tertiary/aromatic N) is 1. The van der Waals surface area contributed by atoms with Crippen LogP contribution in [0.15, 0.2) is 30.3 Å². The molecule has 0 amide bonds. The fourth-order valence-corrected chi connectivity index (χ4v) is 1.61. The van der Waals surface area contributed by atoms with Crippen molar-refractivity contribution in [3.63, 3.8) is 0 Å². The van der Waals surface area contributed by atoms with Crippen LogP contribution in [-0.2, 0) is 5.75 Å². The molecule has 0 heterocycles. The van der Waals surface area contributed by atoms with Gasteiger partial charge in [-0.15, -0.1) is 0 Å². The molecule has 0 bridgehead atoms. The van der Waals surface area contributed by atoms with Gasteiger partial charge in [0.05, 0.1) is 0 Å². The van der Waals surface area contributed by atoms with Gasteiger partial charge in [0, 0.05) is 19.8 Å². The lowest BCUT2D eigenvalue weighted by molar-refractivity contribution is 0.632. The second-order valence-electron chi connectivity index (χ2n) is 2.97. The highest BCUT2D eigenvalue weighted by Crippen LogP contribution is 2.13. The third-order valence-electron chi connectivity index (χ3n) is 1.62. The third kappa shape index (κ3) is 3.51. The van der Waals surface area contributed by atoms with Gasteiger partial charge in [0.25, 0.3) is 0 Å². The highest BCUT2D eigenvalue weighted by Gasteiger charge is 1.99. The molecule has 0 saturated heterocycles. The van der Waals surface area contributed by atoms with Crippen LogP contribution in [0.1, 0.15) is 5.56 Å². The summed E-state index contributed by atoms with van der Waals surface area (Å²) in [5, 5.41) is 8.18. The zero-order valence-electron chi connectivity index (χ0n) is 7.95. The highest BCUT2D eigenvalue weighted by molar-refractivity contribution is 8.12. The lowest BCUT2D eigenvalue weighted by atomic mass is 10.2. The predicted octanol–water partition coefficient (Wildman–Crippen LogP) is 2.42. The molecule has 0 unspecified atom stereocenters. The Kier molecular flexibility index (Phi) is 3.83. The maximum Gasteiger partial charge on any atom is 0.156 e. The largest absolute Gasteiger partial charge is 0.358 e. The molecule has 3 heteroatoms. The minimum absolute atomic E-state index is 0.601. The molecule has 0 spiro atoms. The Morgan fingerprint density at radius 2 is 1.92 bits per heavy atom. The van der Waals surface area contributed by atoms with Crippen molar-refractivity contribution in [1.82, 2.24) is 4.90 Å². The number of nitrogens with one attached hydrogen (secondary N) is 1. The van der Waals surface area contributed by atoms with Gasteiger partial charge in [0.1, 0.15) is 0 Å². The van der Waals surface area contributed by atoms with Crippen LogP contribution in [0.25, 0.3) is 0 Å². The fraction of sp³-hybridized carbons (Fsp3) is 0.300. The average molecular weight is 194 g/mol. The maximum atomic E-state index is 7.58. The van der Waals surface area contributed by atoms with E-state index in [9.17, 15) is 0 Å². The molecule has 70 valence electrons. The summed E-state index contributed by atoms with van der Waals surface area (Å²) < 4.78 is 0. The van der Waals surface area contributed by atoms with Crippen molar-refractivity contribution in [3.8, 4) is 0 Å². The Labute approximate surface area is 83.5 Å². The van der Waals surface area contributed by atoms with Gasteiger partial charge in [-0.2, -0.15) is 0 Å². The molecular weight excluding hydrogens is 180 g/mol. The first-order valence-corrected chi connectivity index (χ1v) is 5.11. The van der Waals surface area contributed by atoms with Gasteiger partial charge in [0.15, 0.2) is 5.17 Å². The molecule has 1 N–H and O–H groups in total. The molecule has 0 saturated carbocycles. The first-order chi connectivity index (χ1) is 6.20. The van der Waals surface area contributed by atoms with Gasteiger partial charge < -0.3 is 4.90 Å². The minimum atomic E-state index is 0.601. The van der Waals surface area contributed by atoms with E-state index in [1.807, 2.05) is 37.2 Å². The number of benzene rings is 1. The van der Waals surface area contributed by atoms with Gasteiger partial charge in [-0.05, 0) is 5.56 Å². The van der Waals surface area contributed by atoms with E-state index in [-0.39, 0.29) is 0 Å². The third-order valence-corrected chi connectivity index (χ3v) is 2.74. The Balaban J connectivity index is 2.40. The van der Waals surface area contributed by atoms with Crippen LogP contribution >= 0.6 is 11.8 Å². The molecule has 0 aliphatic rings. The van der Waals surface area contributed by atoms with E-state index >= 15 is 0 Å². The van der Waals surface area contributed by atoms with Crippen molar-refractivity contribution in [2.45, 2.75) is 5.75 Å². The van der Waals surface area contributed by atoms with Gasteiger partial charge in [0.2, 0.25) is 0 Å².